The third-order valence-electron chi connectivity index (χ3n) is 19.0. The van der Waals surface area contributed by atoms with E-state index in [1.54, 1.807) is 31.1 Å². The van der Waals surface area contributed by atoms with E-state index < -0.39 is 7.12 Å². The quantitative estimate of drug-likeness (QED) is 0.140. The van der Waals surface area contributed by atoms with Crippen molar-refractivity contribution in [2.24, 2.45) is 14.1 Å². The maximum atomic E-state index is 12.1. The summed E-state index contributed by atoms with van der Waals surface area (Å²) in [7, 11) is 5.61. The minimum absolute atomic E-state index is 0.0554. The van der Waals surface area contributed by atoms with Crippen LogP contribution < -0.4 is 25.5 Å². The first-order chi connectivity index (χ1) is 46.7. The molecular weight excluding hydrogens is 1420 g/mol. The van der Waals surface area contributed by atoms with Gasteiger partial charge in [0.25, 0.3) is 0 Å². The molecular formula is C73H76BBr3N16O4. The highest BCUT2D eigenvalue weighted by molar-refractivity contribution is 9.11. The number of hydrogen-bond donors (Lipinski definition) is 3. The summed E-state index contributed by atoms with van der Waals surface area (Å²) >= 11 is 10.5. The summed E-state index contributed by atoms with van der Waals surface area (Å²) in [5.74, 6) is 1.66. The van der Waals surface area contributed by atoms with Crippen molar-refractivity contribution in [1.82, 2.24) is 59.4 Å². The molecule has 4 aromatic carbocycles. The lowest BCUT2D eigenvalue weighted by molar-refractivity contribution is -0.117. The first-order valence-electron chi connectivity index (χ1n) is 32.8. The fourth-order valence-corrected chi connectivity index (χ4v) is 14.8. The Morgan fingerprint density at radius 2 is 1.00 bits per heavy atom. The molecule has 5 aliphatic heterocycles. The number of nitrogens with one attached hydrogen (secondary N) is 3. The van der Waals surface area contributed by atoms with Gasteiger partial charge in [-0.05, 0) is 203 Å². The van der Waals surface area contributed by atoms with Gasteiger partial charge >= 0.3 is 7.12 Å². The van der Waals surface area contributed by atoms with Gasteiger partial charge in [0.2, 0.25) is 11.8 Å². The Labute approximate surface area is 589 Å². The van der Waals surface area contributed by atoms with Crippen LogP contribution in [-0.2, 0) is 58.7 Å². The third kappa shape index (κ3) is 13.7. The number of amides is 2. The number of carbonyl (C=O) groups is 2. The number of aromatic amines is 2. The molecule has 5 aliphatic rings. The van der Waals surface area contributed by atoms with E-state index in [2.05, 4.69) is 159 Å². The number of benzene rings is 4. The Bertz CT molecular complexity index is 4870. The summed E-state index contributed by atoms with van der Waals surface area (Å²) in [4.78, 5) is 62.5. The molecule has 13 heterocycles. The lowest BCUT2D eigenvalue weighted by Crippen LogP contribution is -2.41. The van der Waals surface area contributed by atoms with Crippen molar-refractivity contribution in [2.75, 3.05) is 53.2 Å². The second kappa shape index (κ2) is 28.0. The number of pyridine rings is 4. The van der Waals surface area contributed by atoms with Gasteiger partial charge in [-0.25, -0.2) is 9.97 Å². The molecule has 496 valence electrons. The number of aryl methyl sites for hydroxylation is 2. The van der Waals surface area contributed by atoms with Crippen LogP contribution >= 0.6 is 47.8 Å². The number of fused-ring (bicyclic) bond motifs is 8. The Morgan fingerprint density at radius 3 is 1.56 bits per heavy atom. The van der Waals surface area contributed by atoms with Crippen LogP contribution in [0.25, 0.3) is 78.0 Å². The highest BCUT2D eigenvalue weighted by atomic mass is 79.9. The topological polar surface area (TPSA) is 219 Å². The molecule has 24 heteroatoms. The van der Waals surface area contributed by atoms with Crippen molar-refractivity contribution in [3.8, 4) is 34.2 Å². The van der Waals surface area contributed by atoms with Crippen LogP contribution in [0.2, 0.25) is 0 Å². The van der Waals surface area contributed by atoms with Crippen molar-refractivity contribution < 1.29 is 18.9 Å². The molecule has 3 N–H and O–H groups in total. The Hall–Kier alpha value is -8.68. The molecule has 1 fully saturated rings. The summed E-state index contributed by atoms with van der Waals surface area (Å²) in [5, 5.41) is 14.9. The fourth-order valence-electron chi connectivity index (χ4n) is 13.2. The van der Waals surface area contributed by atoms with E-state index in [9.17, 15) is 9.59 Å². The van der Waals surface area contributed by atoms with E-state index in [-0.39, 0.29) is 23.0 Å². The number of hydrogen-bond acceptors (Lipinski definition) is 14. The standard InChI is InChI=1S/C25H22N6O.C21H23BN4O2.C10H11BrN2O.C9H11BrN2.C8H9BrN2/c1-15(32)31-11-5-6-17-19(13-26-14-23(17)31)16-9-10-22-18(12-16)24(29-30(22)2)25-27-20-7-3-4-8-21(20)28-25;1-20(2)21(3,4)28-22(27-20)13-10-11-17-14(12-13)18(25-26(17)5)19-23-15-8-6-7-9-16(15)24-19;1-7(14)13-4-2-3-8-9(11)5-12-6-10(8)13;1-12-4-2-3-7-8(10)5-11-6-9(7)12;9-7-4-10-5-8-6(7)2-1-3-11-8/h3-4,7-10,12-14H,5-6,11H2,1-2H3,(H,27,28);6-12H,1-5H3,(H,23,24);5-6H,2-4H2,1H3;5-6H,2-4H2,1H3;4-5,11H,1-3H2. The van der Waals surface area contributed by atoms with Crippen molar-refractivity contribution >= 4 is 139 Å². The maximum absolute atomic E-state index is 12.1. The number of H-pyrrole nitrogens is 2. The average Bonchev–Trinajstić information content (AvgIpc) is 1.66. The smallest absolute Gasteiger partial charge is 0.399 e. The first-order valence-corrected chi connectivity index (χ1v) is 35.1. The number of halogens is 3. The minimum Gasteiger partial charge on any atom is -0.399 e. The van der Waals surface area contributed by atoms with E-state index in [1.807, 2.05) is 114 Å². The highest BCUT2D eigenvalue weighted by Gasteiger charge is 2.52. The van der Waals surface area contributed by atoms with Crippen LogP contribution in [0.4, 0.5) is 22.7 Å². The summed E-state index contributed by atoms with van der Waals surface area (Å²) in [6.45, 7) is 15.2. The van der Waals surface area contributed by atoms with Gasteiger partial charge in [0.05, 0.1) is 91.8 Å². The minimum atomic E-state index is -0.405. The molecule has 2 amide bonds. The number of nitrogens with zero attached hydrogens (tertiary/aromatic N) is 13. The highest BCUT2D eigenvalue weighted by Crippen LogP contribution is 2.40. The second-order valence-electron chi connectivity index (χ2n) is 25.9. The number of para-hydroxylation sites is 4. The van der Waals surface area contributed by atoms with Crippen LogP contribution in [-0.4, -0.2) is 123 Å². The van der Waals surface area contributed by atoms with Gasteiger partial charge in [-0.15, -0.1) is 0 Å². The van der Waals surface area contributed by atoms with Crippen LogP contribution in [0.15, 0.2) is 148 Å². The van der Waals surface area contributed by atoms with Gasteiger partial charge in [0, 0.05) is 116 Å². The number of anilines is 4. The monoisotopic (exact) mass is 1490 g/mol. The average molecular weight is 1490 g/mol. The predicted octanol–water partition coefficient (Wildman–Crippen LogP) is 14.5. The summed E-state index contributed by atoms with van der Waals surface area (Å²) in [6, 6.07) is 28.6. The van der Waals surface area contributed by atoms with Crippen LogP contribution in [0.3, 0.4) is 0 Å². The van der Waals surface area contributed by atoms with Crippen molar-refractivity contribution in [1.29, 1.82) is 0 Å². The Morgan fingerprint density at radius 1 is 0.526 bits per heavy atom. The molecule has 20 nitrogen and oxygen atoms in total. The molecule has 8 aromatic heterocycles. The molecule has 0 atom stereocenters. The van der Waals surface area contributed by atoms with Gasteiger partial charge in [0.1, 0.15) is 11.4 Å². The third-order valence-corrected chi connectivity index (χ3v) is 21.1. The fraction of sp³-hybridized carbons (Fsp3) is 0.315. The first kappa shape index (κ1) is 66.9. The van der Waals surface area contributed by atoms with E-state index >= 15 is 0 Å². The largest absolute Gasteiger partial charge is 0.494 e. The normalized spacial score (nSPS) is 15.7. The summed E-state index contributed by atoms with van der Waals surface area (Å²) in [5.41, 5.74) is 19.4. The van der Waals surface area contributed by atoms with Crippen molar-refractivity contribution in [3.63, 3.8) is 0 Å². The van der Waals surface area contributed by atoms with Gasteiger partial charge in [-0.3, -0.25) is 38.9 Å². The van der Waals surface area contributed by atoms with Crippen LogP contribution in [0.1, 0.15) is 89.5 Å². The Kier molecular flexibility index (Phi) is 19.3. The number of carbonyl (C=O) groups excluding carboxylic acids is 2. The number of imidazole rings is 2. The zero-order valence-electron chi connectivity index (χ0n) is 55.8. The molecule has 97 heavy (non-hydrogen) atoms. The zero-order chi connectivity index (χ0) is 67.9. The zero-order valence-corrected chi connectivity index (χ0v) is 60.6. The van der Waals surface area contributed by atoms with E-state index in [4.69, 9.17) is 29.5 Å². The molecule has 0 unspecified atom stereocenters. The molecule has 0 aliphatic carbocycles. The van der Waals surface area contributed by atoms with E-state index in [1.165, 1.54) is 52.9 Å². The van der Waals surface area contributed by atoms with Crippen molar-refractivity contribution in [2.45, 2.75) is 104 Å². The molecule has 0 bridgehead atoms. The van der Waals surface area contributed by atoms with Crippen LogP contribution in [0, 0.1) is 0 Å². The molecule has 0 spiro atoms. The molecule has 0 radical (unpaired) electrons. The molecule has 12 aromatic rings. The summed E-state index contributed by atoms with van der Waals surface area (Å²) in [6.07, 6.45) is 23.5. The molecule has 0 saturated carbocycles. The lowest BCUT2D eigenvalue weighted by atomic mass is 9.78. The van der Waals surface area contributed by atoms with E-state index in [0.29, 0.717) is 0 Å². The number of aromatic nitrogens is 12. The van der Waals surface area contributed by atoms with Crippen LogP contribution in [0.5, 0.6) is 0 Å². The lowest BCUT2D eigenvalue weighted by Gasteiger charge is -2.32. The number of rotatable bonds is 4. The SMILES string of the molecule is Brc1cncc2c1CCCN2.CC(=O)N1CCCc2c(-c3ccc4c(c3)c(-c3nc5ccccc5[nH]3)nn4C)cncc21.CC(=O)N1CCCc2c(Br)cncc21.CN1CCCc2c(Br)cncc21.Cn1nc(-c2nc3ccccc3[nH]2)c2cc(B3OC(C)(C)C(C)(C)O3)ccc21. The van der Waals surface area contributed by atoms with Gasteiger partial charge < -0.3 is 39.3 Å². The van der Waals surface area contributed by atoms with Gasteiger partial charge in [-0.2, -0.15) is 10.2 Å². The molecule has 1 saturated heterocycles. The maximum Gasteiger partial charge on any atom is 0.494 e. The van der Waals surface area contributed by atoms with E-state index in [0.717, 1.165) is 167 Å². The predicted molar refractivity (Wildman–Crippen MR) is 397 cm³/mol. The second-order valence-corrected chi connectivity index (χ2v) is 28.5. The molecule has 17 rings (SSSR count). The van der Waals surface area contributed by atoms with Gasteiger partial charge in [0.15, 0.2) is 11.6 Å². The Balaban J connectivity index is 0.000000117. The van der Waals surface area contributed by atoms with Crippen molar-refractivity contribution in [3.05, 3.63) is 170 Å². The van der Waals surface area contributed by atoms with Gasteiger partial charge in [-0.1, -0.05) is 42.5 Å². The summed E-state index contributed by atoms with van der Waals surface area (Å²) < 4.78 is 19.5.